The zero-order valence-electron chi connectivity index (χ0n) is 11.5. The third-order valence-electron chi connectivity index (χ3n) is 2.97. The van der Waals surface area contributed by atoms with Crippen LogP contribution in [0.2, 0.25) is 5.02 Å². The predicted molar refractivity (Wildman–Crippen MR) is 82.0 cm³/mol. The van der Waals surface area contributed by atoms with E-state index in [0.717, 1.165) is 12.3 Å². The molecule has 0 spiro atoms. The lowest BCUT2D eigenvalue weighted by molar-refractivity contribution is -0.384. The van der Waals surface area contributed by atoms with Crippen molar-refractivity contribution in [3.8, 4) is 11.1 Å². The number of aromatic amines is 1. The minimum Gasteiger partial charge on any atom is -0.431 e. The average molecular weight is 336 g/mol. The monoisotopic (exact) mass is 335 g/mol. The summed E-state index contributed by atoms with van der Waals surface area (Å²) in [7, 11) is 0. The fourth-order valence-corrected chi connectivity index (χ4v) is 2.28. The van der Waals surface area contributed by atoms with E-state index in [1.807, 2.05) is 0 Å². The maximum Gasteiger partial charge on any atom is 0.345 e. The molecule has 1 heterocycles. The Balaban J connectivity index is 2.65. The zero-order chi connectivity index (χ0) is 17.1. The number of aromatic nitrogens is 1. The molecule has 0 aliphatic carbocycles. The summed E-state index contributed by atoms with van der Waals surface area (Å²) in [6.07, 6.45) is 2.18. The van der Waals surface area contributed by atoms with Crippen molar-refractivity contribution in [1.82, 2.24) is 4.98 Å². The van der Waals surface area contributed by atoms with E-state index < -0.39 is 16.8 Å². The standard InChI is InChI=1S/C14H10ClN3O5/c1-2-23-14(20)8-6-17-12(13(16)19)11(8)7-3-4-10(18(21)22)9(15)5-7/h2-6,17H,1H2,(H2,16,19). The number of nitro benzene ring substituents is 1. The van der Waals surface area contributed by atoms with Crippen molar-refractivity contribution in [2.45, 2.75) is 0 Å². The quantitative estimate of drug-likeness (QED) is 0.375. The second-order valence-corrected chi connectivity index (χ2v) is 4.72. The van der Waals surface area contributed by atoms with Gasteiger partial charge in [-0.05, 0) is 17.7 Å². The van der Waals surface area contributed by atoms with Crippen molar-refractivity contribution < 1.29 is 19.2 Å². The minimum atomic E-state index is -0.813. The Labute approximate surface area is 134 Å². The number of hydrogen-bond donors (Lipinski definition) is 2. The van der Waals surface area contributed by atoms with Gasteiger partial charge in [-0.25, -0.2) is 4.79 Å². The molecule has 0 aliphatic rings. The minimum absolute atomic E-state index is 0.0172. The van der Waals surface area contributed by atoms with Gasteiger partial charge < -0.3 is 15.5 Å². The Morgan fingerprint density at radius 1 is 1.43 bits per heavy atom. The molecule has 0 unspecified atom stereocenters. The summed E-state index contributed by atoms with van der Waals surface area (Å²) in [6.45, 7) is 3.27. The van der Waals surface area contributed by atoms with Gasteiger partial charge in [-0.2, -0.15) is 0 Å². The molecular weight excluding hydrogens is 326 g/mol. The van der Waals surface area contributed by atoms with Crippen LogP contribution < -0.4 is 5.73 Å². The number of rotatable bonds is 5. The molecule has 0 radical (unpaired) electrons. The van der Waals surface area contributed by atoms with Crippen LogP contribution >= 0.6 is 11.6 Å². The highest BCUT2D eigenvalue weighted by atomic mass is 35.5. The largest absolute Gasteiger partial charge is 0.431 e. The number of carbonyl (C=O) groups excluding carboxylic acids is 2. The first-order chi connectivity index (χ1) is 10.9. The molecule has 2 aromatic rings. The Hall–Kier alpha value is -3.13. The first-order valence-electron chi connectivity index (χ1n) is 6.14. The molecule has 0 bridgehead atoms. The molecule has 1 aromatic carbocycles. The number of carbonyl (C=O) groups is 2. The van der Waals surface area contributed by atoms with Gasteiger partial charge in [0.05, 0.1) is 16.7 Å². The van der Waals surface area contributed by atoms with E-state index in [4.69, 9.17) is 17.3 Å². The van der Waals surface area contributed by atoms with Gasteiger partial charge in [-0.15, -0.1) is 0 Å². The fourth-order valence-electron chi connectivity index (χ4n) is 2.03. The molecule has 8 nitrogen and oxygen atoms in total. The van der Waals surface area contributed by atoms with Crippen LogP contribution in [0.5, 0.6) is 0 Å². The van der Waals surface area contributed by atoms with Gasteiger partial charge in [0.25, 0.3) is 11.6 Å². The molecule has 0 saturated heterocycles. The summed E-state index contributed by atoms with van der Waals surface area (Å²) in [4.78, 5) is 36.2. The van der Waals surface area contributed by atoms with E-state index in [1.54, 1.807) is 0 Å². The highest BCUT2D eigenvalue weighted by Gasteiger charge is 2.24. The van der Waals surface area contributed by atoms with Crippen LogP contribution in [-0.4, -0.2) is 21.8 Å². The van der Waals surface area contributed by atoms with E-state index in [1.165, 1.54) is 18.3 Å². The Morgan fingerprint density at radius 2 is 2.13 bits per heavy atom. The van der Waals surface area contributed by atoms with Gasteiger partial charge in [-0.3, -0.25) is 14.9 Å². The average Bonchev–Trinajstić information content (AvgIpc) is 2.92. The number of benzene rings is 1. The summed E-state index contributed by atoms with van der Waals surface area (Å²) in [5, 5.41) is 10.7. The van der Waals surface area contributed by atoms with Crippen LogP contribution in [0.4, 0.5) is 5.69 Å². The maximum absolute atomic E-state index is 11.9. The number of halogens is 1. The summed E-state index contributed by atoms with van der Waals surface area (Å²) < 4.78 is 4.69. The van der Waals surface area contributed by atoms with E-state index in [9.17, 15) is 19.7 Å². The number of nitro groups is 1. The highest BCUT2D eigenvalue weighted by molar-refractivity contribution is 6.33. The van der Waals surface area contributed by atoms with E-state index in [0.29, 0.717) is 5.56 Å². The molecule has 23 heavy (non-hydrogen) atoms. The molecule has 1 aromatic heterocycles. The van der Waals surface area contributed by atoms with Crippen LogP contribution in [0.1, 0.15) is 20.8 Å². The number of ether oxygens (including phenoxy) is 1. The van der Waals surface area contributed by atoms with E-state index in [2.05, 4.69) is 16.3 Å². The topological polar surface area (TPSA) is 128 Å². The Bertz CT molecular complexity index is 828. The molecule has 1 amide bonds. The van der Waals surface area contributed by atoms with E-state index >= 15 is 0 Å². The number of nitrogens with one attached hydrogen (secondary N) is 1. The van der Waals surface area contributed by atoms with Gasteiger partial charge in [0.2, 0.25) is 0 Å². The number of hydrogen-bond acceptors (Lipinski definition) is 5. The lowest BCUT2D eigenvalue weighted by atomic mass is 10.0. The van der Waals surface area contributed by atoms with Crippen molar-refractivity contribution in [1.29, 1.82) is 0 Å². The SMILES string of the molecule is C=COC(=O)c1c[nH]c(C(N)=O)c1-c1ccc([N+](=O)[O-])c(Cl)c1. The summed E-state index contributed by atoms with van der Waals surface area (Å²) >= 11 is 5.87. The Kier molecular flexibility index (Phi) is 4.47. The fraction of sp³-hybridized carbons (Fsp3) is 0. The van der Waals surface area contributed by atoms with Crippen molar-refractivity contribution in [2.75, 3.05) is 0 Å². The van der Waals surface area contributed by atoms with Crippen molar-refractivity contribution in [3.63, 3.8) is 0 Å². The van der Waals surface area contributed by atoms with Gasteiger partial charge >= 0.3 is 5.97 Å². The second kappa shape index (κ2) is 6.32. The third kappa shape index (κ3) is 3.06. The van der Waals surface area contributed by atoms with Crippen LogP contribution in [0, 0.1) is 10.1 Å². The van der Waals surface area contributed by atoms with Gasteiger partial charge in [0, 0.05) is 17.8 Å². The molecule has 9 heteroatoms. The van der Waals surface area contributed by atoms with Gasteiger partial charge in [-0.1, -0.05) is 18.2 Å². The molecule has 3 N–H and O–H groups in total. The van der Waals surface area contributed by atoms with Gasteiger partial charge in [0.1, 0.15) is 10.7 Å². The van der Waals surface area contributed by atoms with Crippen LogP contribution in [0.25, 0.3) is 11.1 Å². The number of nitrogens with zero attached hydrogens (tertiary/aromatic N) is 1. The van der Waals surface area contributed by atoms with E-state index in [-0.39, 0.29) is 27.5 Å². The van der Waals surface area contributed by atoms with Crippen LogP contribution in [0.15, 0.2) is 37.2 Å². The Morgan fingerprint density at radius 3 is 2.65 bits per heavy atom. The lowest BCUT2D eigenvalue weighted by Gasteiger charge is -2.06. The summed E-state index contributed by atoms with van der Waals surface area (Å²) in [6, 6.07) is 3.78. The van der Waals surface area contributed by atoms with Crippen molar-refractivity contribution in [3.05, 3.63) is 63.6 Å². The zero-order valence-corrected chi connectivity index (χ0v) is 12.3. The first-order valence-corrected chi connectivity index (χ1v) is 6.52. The molecule has 0 aliphatic heterocycles. The molecular formula is C14H10ClN3O5. The number of nitrogens with two attached hydrogens (primary N) is 1. The third-order valence-corrected chi connectivity index (χ3v) is 3.27. The molecule has 0 fully saturated rings. The number of primary amides is 1. The number of amides is 1. The maximum atomic E-state index is 11.9. The van der Waals surface area contributed by atoms with Crippen molar-refractivity contribution in [2.24, 2.45) is 5.73 Å². The molecule has 2 rings (SSSR count). The smallest absolute Gasteiger partial charge is 0.345 e. The molecule has 118 valence electrons. The highest BCUT2D eigenvalue weighted by Crippen LogP contribution is 2.34. The van der Waals surface area contributed by atoms with Crippen molar-refractivity contribution >= 4 is 29.2 Å². The molecule has 0 saturated carbocycles. The summed E-state index contributed by atoms with van der Waals surface area (Å²) in [5.74, 6) is -1.58. The summed E-state index contributed by atoms with van der Waals surface area (Å²) in [5.41, 5.74) is 5.37. The number of H-pyrrole nitrogens is 1. The first kappa shape index (κ1) is 16.2. The number of esters is 1. The van der Waals surface area contributed by atoms with Gasteiger partial charge in [0.15, 0.2) is 0 Å². The van der Waals surface area contributed by atoms with Crippen LogP contribution in [0.3, 0.4) is 0 Å². The van der Waals surface area contributed by atoms with Crippen LogP contribution in [-0.2, 0) is 4.74 Å². The normalized spacial score (nSPS) is 10.1. The molecule has 0 atom stereocenters. The predicted octanol–water partition coefficient (Wildman–Crippen LogP) is 2.64. The lowest BCUT2D eigenvalue weighted by Crippen LogP contribution is -2.13. The second-order valence-electron chi connectivity index (χ2n) is 4.31.